The lowest BCUT2D eigenvalue weighted by Gasteiger charge is -2.14. The summed E-state index contributed by atoms with van der Waals surface area (Å²) < 4.78 is 2.26. The number of hydrogen-bond donors (Lipinski definition) is 0. The van der Waals surface area contributed by atoms with Gasteiger partial charge in [-0.25, -0.2) is 4.31 Å². The first-order chi connectivity index (χ1) is 7.27. The van der Waals surface area contributed by atoms with E-state index in [1.807, 2.05) is 0 Å². The lowest BCUT2D eigenvalue weighted by molar-refractivity contribution is 0.566. The second kappa shape index (κ2) is 7.52. The van der Waals surface area contributed by atoms with Crippen molar-refractivity contribution < 1.29 is 0 Å². The molecule has 15 heavy (non-hydrogen) atoms. The van der Waals surface area contributed by atoms with Crippen LogP contribution in [0.15, 0.2) is 24.3 Å². The number of hydrogen-bond acceptors (Lipinski definition) is 2. The highest BCUT2D eigenvalue weighted by atomic mass is 127. The first-order valence-corrected chi connectivity index (χ1v) is 8.66. The molecule has 1 rings (SSSR count). The Morgan fingerprint density at radius 1 is 1.27 bits per heavy atom. The molecule has 1 aromatic carbocycles. The molecular formula is C12H18INS. The van der Waals surface area contributed by atoms with Crippen LogP contribution in [0.5, 0.6) is 0 Å². The summed E-state index contributed by atoms with van der Waals surface area (Å²) in [6.07, 6.45) is 3.77. The number of unbranched alkanes of at least 4 members (excludes halogenated alkanes) is 1. The number of aryl methyl sites for hydroxylation is 1. The van der Waals surface area contributed by atoms with Gasteiger partial charge in [0.1, 0.15) is 0 Å². The lowest BCUT2D eigenvalue weighted by atomic mass is 10.0. The van der Waals surface area contributed by atoms with Crippen molar-refractivity contribution in [3.05, 3.63) is 35.4 Å². The van der Waals surface area contributed by atoms with Crippen LogP contribution in [-0.4, -0.2) is 11.4 Å². The fraction of sp³-hybridized carbons (Fsp3) is 0.500. The molecule has 0 N–H and O–H groups in total. The maximum absolute atomic E-state index is 2.32. The average molecular weight is 335 g/mol. The molecule has 0 atom stereocenters. The number of benzene rings is 1. The summed E-state index contributed by atoms with van der Waals surface area (Å²) in [6.45, 7) is 3.28. The van der Waals surface area contributed by atoms with Gasteiger partial charge in [0.05, 0.1) is 0 Å². The summed E-state index contributed by atoms with van der Waals surface area (Å²) in [5, 5.41) is 0. The van der Waals surface area contributed by atoms with Gasteiger partial charge in [-0.15, -0.1) is 0 Å². The minimum Gasteiger partial charge on any atom is -0.240 e. The van der Waals surface area contributed by atoms with Crippen molar-refractivity contribution in [1.29, 1.82) is 0 Å². The summed E-state index contributed by atoms with van der Waals surface area (Å²) in [7, 11) is 3.89. The van der Waals surface area contributed by atoms with Crippen molar-refractivity contribution in [1.82, 2.24) is 4.31 Å². The molecule has 0 radical (unpaired) electrons. The van der Waals surface area contributed by atoms with Crippen molar-refractivity contribution in [2.75, 3.05) is 7.05 Å². The molecule has 0 saturated heterocycles. The van der Waals surface area contributed by atoms with E-state index >= 15 is 0 Å². The highest BCUT2D eigenvalue weighted by Gasteiger charge is 2.04. The second-order valence-electron chi connectivity index (χ2n) is 3.73. The summed E-state index contributed by atoms with van der Waals surface area (Å²) in [6, 6.07) is 8.78. The van der Waals surface area contributed by atoms with Crippen LogP contribution >= 0.6 is 30.3 Å². The zero-order chi connectivity index (χ0) is 11.1. The third-order valence-corrected chi connectivity index (χ3v) is 4.81. The van der Waals surface area contributed by atoms with Crippen molar-refractivity contribution in [3.63, 3.8) is 0 Å². The summed E-state index contributed by atoms with van der Waals surface area (Å²) in [5.74, 6) is 0. The molecule has 84 valence electrons. The molecule has 1 nitrogen and oxygen atoms in total. The normalized spacial score (nSPS) is 10.9. The van der Waals surface area contributed by atoms with E-state index in [4.69, 9.17) is 0 Å². The van der Waals surface area contributed by atoms with Crippen molar-refractivity contribution >= 4 is 30.3 Å². The fourth-order valence-electron chi connectivity index (χ4n) is 1.59. The Labute approximate surface area is 109 Å². The average Bonchev–Trinajstić information content (AvgIpc) is 2.28. The standard InChI is InChI=1S/C12H18INS/c1-3-4-7-11-8-5-6-9-12(11)10-14(2)15-13/h5-6,8-9H,3-4,7,10H2,1-2H3. The molecule has 0 bridgehead atoms. The van der Waals surface area contributed by atoms with Gasteiger partial charge in [-0.3, -0.25) is 0 Å². The first kappa shape index (κ1) is 13.3. The first-order valence-electron chi connectivity index (χ1n) is 5.34. The van der Waals surface area contributed by atoms with Crippen LogP contribution in [0.1, 0.15) is 30.9 Å². The Morgan fingerprint density at radius 2 is 1.93 bits per heavy atom. The molecule has 0 fully saturated rings. The van der Waals surface area contributed by atoms with Crippen molar-refractivity contribution in [2.24, 2.45) is 0 Å². The smallest absolute Gasteiger partial charge is 0.0347 e. The van der Waals surface area contributed by atoms with E-state index in [1.165, 1.54) is 30.4 Å². The third kappa shape index (κ3) is 4.74. The maximum Gasteiger partial charge on any atom is 0.0347 e. The van der Waals surface area contributed by atoms with E-state index in [9.17, 15) is 0 Å². The Hall–Kier alpha value is 0.260. The lowest BCUT2D eigenvalue weighted by Crippen LogP contribution is -2.08. The molecule has 1 aromatic rings. The molecule has 0 heterocycles. The Kier molecular flexibility index (Phi) is 6.68. The predicted molar refractivity (Wildman–Crippen MR) is 78.1 cm³/mol. The zero-order valence-corrected chi connectivity index (χ0v) is 12.3. The monoisotopic (exact) mass is 335 g/mol. The Morgan fingerprint density at radius 3 is 2.53 bits per heavy atom. The SMILES string of the molecule is CCCCc1ccccc1CN(C)SI. The molecule has 3 heteroatoms. The molecule has 0 unspecified atom stereocenters. The summed E-state index contributed by atoms with van der Waals surface area (Å²) in [5.41, 5.74) is 2.98. The minimum atomic E-state index is 1.04. The van der Waals surface area contributed by atoms with Gasteiger partial charge >= 0.3 is 0 Å². The van der Waals surface area contributed by atoms with Crippen LogP contribution in [0, 0.1) is 0 Å². The molecular weight excluding hydrogens is 317 g/mol. The van der Waals surface area contributed by atoms with Gasteiger partial charge in [0, 0.05) is 27.8 Å². The van der Waals surface area contributed by atoms with Gasteiger partial charge in [-0.2, -0.15) is 0 Å². The summed E-state index contributed by atoms with van der Waals surface area (Å²) in [4.78, 5) is 0. The van der Waals surface area contributed by atoms with Gasteiger partial charge in [-0.1, -0.05) is 37.6 Å². The fourth-order valence-corrected chi connectivity index (χ4v) is 2.19. The predicted octanol–water partition coefficient (Wildman–Crippen LogP) is 4.46. The Balaban J connectivity index is 2.67. The maximum atomic E-state index is 2.32. The van der Waals surface area contributed by atoms with Crippen molar-refractivity contribution in [3.8, 4) is 0 Å². The van der Waals surface area contributed by atoms with Gasteiger partial charge in [0.2, 0.25) is 0 Å². The van der Waals surface area contributed by atoms with E-state index in [-0.39, 0.29) is 0 Å². The molecule has 0 spiro atoms. The Bertz CT molecular complexity index is 291. The molecule has 0 aromatic heterocycles. The van der Waals surface area contributed by atoms with Gasteiger partial charge in [0.25, 0.3) is 0 Å². The molecule has 0 aliphatic heterocycles. The molecule has 0 saturated carbocycles. The van der Waals surface area contributed by atoms with E-state index < -0.39 is 0 Å². The topological polar surface area (TPSA) is 3.24 Å². The van der Waals surface area contributed by atoms with Gasteiger partial charge in [-0.05, 0) is 40.1 Å². The van der Waals surface area contributed by atoms with Crippen LogP contribution in [0.25, 0.3) is 0 Å². The molecule has 0 aliphatic carbocycles. The van der Waals surface area contributed by atoms with Crippen LogP contribution in [-0.2, 0) is 13.0 Å². The van der Waals surface area contributed by atoms with Crippen LogP contribution < -0.4 is 0 Å². The number of halogens is 1. The van der Waals surface area contributed by atoms with Crippen LogP contribution in [0.3, 0.4) is 0 Å². The number of nitrogens with zero attached hydrogens (tertiary/aromatic N) is 1. The second-order valence-corrected chi connectivity index (χ2v) is 5.67. The van der Waals surface area contributed by atoms with Crippen LogP contribution in [0.2, 0.25) is 0 Å². The summed E-state index contributed by atoms with van der Waals surface area (Å²) >= 11 is 2.32. The quantitative estimate of drug-likeness (QED) is 0.558. The van der Waals surface area contributed by atoms with Gasteiger partial charge in [0.15, 0.2) is 0 Å². The molecule has 0 aliphatic rings. The largest absolute Gasteiger partial charge is 0.240 e. The van der Waals surface area contributed by atoms with E-state index in [0.29, 0.717) is 0 Å². The zero-order valence-electron chi connectivity index (χ0n) is 9.37. The van der Waals surface area contributed by atoms with Crippen LogP contribution in [0.4, 0.5) is 0 Å². The van der Waals surface area contributed by atoms with Gasteiger partial charge < -0.3 is 0 Å². The molecule has 0 amide bonds. The van der Waals surface area contributed by atoms with E-state index in [2.05, 4.69) is 63.7 Å². The minimum absolute atomic E-state index is 1.04. The highest BCUT2D eigenvalue weighted by Crippen LogP contribution is 2.21. The van der Waals surface area contributed by atoms with Crippen molar-refractivity contribution in [2.45, 2.75) is 32.7 Å². The highest BCUT2D eigenvalue weighted by molar-refractivity contribution is 14.2. The third-order valence-electron chi connectivity index (χ3n) is 2.43. The van der Waals surface area contributed by atoms with E-state index in [1.54, 1.807) is 9.12 Å². The van der Waals surface area contributed by atoms with E-state index in [0.717, 1.165) is 6.54 Å². The number of rotatable bonds is 6.